The van der Waals surface area contributed by atoms with Gasteiger partial charge in [-0.05, 0) is 6.07 Å². The molecular weight excluding hydrogens is 172 g/mol. The fourth-order valence-corrected chi connectivity index (χ4v) is 0.785. The molecule has 0 aliphatic carbocycles. The average molecular weight is 180 g/mol. The number of pyridine rings is 1. The van der Waals surface area contributed by atoms with Crippen LogP contribution in [0.1, 0.15) is 5.56 Å². The van der Waals surface area contributed by atoms with Crippen LogP contribution in [-0.4, -0.2) is 17.0 Å². The summed E-state index contributed by atoms with van der Waals surface area (Å²) in [5.74, 6) is 0.575. The van der Waals surface area contributed by atoms with Gasteiger partial charge in [0.1, 0.15) is 5.75 Å². The van der Waals surface area contributed by atoms with Crippen molar-refractivity contribution in [3.05, 3.63) is 40.3 Å². The van der Waals surface area contributed by atoms with Crippen LogP contribution >= 0.6 is 0 Å². The van der Waals surface area contributed by atoms with Gasteiger partial charge in [0.25, 0.3) is 0 Å². The average Bonchev–Trinajstić information content (AvgIpc) is 2.15. The molecule has 5 heteroatoms. The third-order valence-corrected chi connectivity index (χ3v) is 1.36. The van der Waals surface area contributed by atoms with Crippen LogP contribution in [0.4, 0.5) is 0 Å². The molecule has 5 nitrogen and oxygen atoms in total. The van der Waals surface area contributed by atoms with Crippen LogP contribution in [0.3, 0.4) is 0 Å². The van der Waals surface area contributed by atoms with Gasteiger partial charge < -0.3 is 4.74 Å². The van der Waals surface area contributed by atoms with Gasteiger partial charge in [0, 0.05) is 17.8 Å². The van der Waals surface area contributed by atoms with Gasteiger partial charge in [-0.25, -0.2) is 0 Å². The standard InChI is InChI=1S/C8H8N2O3/c1-13-8-4-7(5-9-6-8)2-3-10(11)12/h2-6H,1H3/b3-2+. The summed E-state index contributed by atoms with van der Waals surface area (Å²) < 4.78 is 4.90. The summed E-state index contributed by atoms with van der Waals surface area (Å²) in [5, 5.41) is 9.99. The van der Waals surface area contributed by atoms with E-state index < -0.39 is 4.92 Å². The molecule has 0 atom stereocenters. The minimum atomic E-state index is -0.528. The highest BCUT2D eigenvalue weighted by Crippen LogP contribution is 2.11. The Kier molecular flexibility index (Phi) is 2.97. The van der Waals surface area contributed by atoms with Crippen LogP contribution < -0.4 is 4.74 Å². The van der Waals surface area contributed by atoms with Crippen molar-refractivity contribution < 1.29 is 9.66 Å². The predicted molar refractivity (Wildman–Crippen MR) is 46.8 cm³/mol. The summed E-state index contributed by atoms with van der Waals surface area (Å²) in [6.45, 7) is 0. The first-order valence-corrected chi connectivity index (χ1v) is 3.53. The van der Waals surface area contributed by atoms with E-state index in [0.29, 0.717) is 11.3 Å². The minimum absolute atomic E-state index is 0.528. The van der Waals surface area contributed by atoms with Crippen LogP contribution in [0.2, 0.25) is 0 Å². The monoisotopic (exact) mass is 180 g/mol. The van der Waals surface area contributed by atoms with Gasteiger partial charge in [0.05, 0.1) is 18.2 Å². The topological polar surface area (TPSA) is 65.3 Å². The van der Waals surface area contributed by atoms with E-state index in [1.165, 1.54) is 25.6 Å². The largest absolute Gasteiger partial charge is 0.495 e. The second-order valence-electron chi connectivity index (χ2n) is 2.26. The molecular formula is C8H8N2O3. The highest BCUT2D eigenvalue weighted by atomic mass is 16.6. The Morgan fingerprint density at radius 3 is 3.00 bits per heavy atom. The van der Waals surface area contributed by atoms with E-state index in [0.717, 1.165) is 6.20 Å². The van der Waals surface area contributed by atoms with Gasteiger partial charge >= 0.3 is 0 Å². The highest BCUT2D eigenvalue weighted by Gasteiger charge is 1.94. The van der Waals surface area contributed by atoms with E-state index in [4.69, 9.17) is 4.74 Å². The minimum Gasteiger partial charge on any atom is -0.495 e. The first-order chi connectivity index (χ1) is 6.22. The molecule has 0 N–H and O–H groups in total. The van der Waals surface area contributed by atoms with Crippen LogP contribution in [0, 0.1) is 10.1 Å². The van der Waals surface area contributed by atoms with Crippen molar-refractivity contribution in [2.45, 2.75) is 0 Å². The van der Waals surface area contributed by atoms with Gasteiger partial charge in [0.2, 0.25) is 6.20 Å². The lowest BCUT2D eigenvalue weighted by Gasteiger charge is -1.97. The van der Waals surface area contributed by atoms with Crippen molar-refractivity contribution in [2.75, 3.05) is 7.11 Å². The lowest BCUT2D eigenvalue weighted by Crippen LogP contribution is -1.86. The molecule has 0 aromatic carbocycles. The Morgan fingerprint density at radius 2 is 2.38 bits per heavy atom. The molecule has 0 fully saturated rings. The Labute approximate surface area is 74.8 Å². The number of rotatable bonds is 3. The molecule has 13 heavy (non-hydrogen) atoms. The number of nitrogens with zero attached hydrogens (tertiary/aromatic N) is 2. The summed E-state index contributed by atoms with van der Waals surface area (Å²) in [4.78, 5) is 13.3. The van der Waals surface area contributed by atoms with Crippen molar-refractivity contribution in [1.29, 1.82) is 0 Å². The lowest BCUT2D eigenvalue weighted by molar-refractivity contribution is -0.400. The fourth-order valence-electron chi connectivity index (χ4n) is 0.785. The molecule has 1 rings (SSSR count). The van der Waals surface area contributed by atoms with Gasteiger partial charge in [-0.1, -0.05) is 0 Å². The third-order valence-electron chi connectivity index (χ3n) is 1.36. The molecule has 0 radical (unpaired) electrons. The van der Waals surface area contributed by atoms with Crippen molar-refractivity contribution in [1.82, 2.24) is 4.98 Å². The van der Waals surface area contributed by atoms with E-state index in [1.54, 1.807) is 6.07 Å². The zero-order valence-corrected chi connectivity index (χ0v) is 7.01. The Bertz CT molecular complexity index is 336. The van der Waals surface area contributed by atoms with E-state index in [9.17, 15) is 10.1 Å². The molecule has 0 spiro atoms. The molecule has 0 saturated carbocycles. The number of hydrogen-bond acceptors (Lipinski definition) is 4. The quantitative estimate of drug-likeness (QED) is 0.520. The first kappa shape index (κ1) is 9.18. The van der Waals surface area contributed by atoms with E-state index >= 15 is 0 Å². The molecule has 1 heterocycles. The van der Waals surface area contributed by atoms with Gasteiger partial charge in [-0.2, -0.15) is 0 Å². The SMILES string of the molecule is COc1cncc(/C=C/[N+](=O)[O-])c1. The van der Waals surface area contributed by atoms with Crippen molar-refractivity contribution in [2.24, 2.45) is 0 Å². The molecule has 0 amide bonds. The maximum absolute atomic E-state index is 9.99. The van der Waals surface area contributed by atoms with Crippen molar-refractivity contribution in [3.63, 3.8) is 0 Å². The number of ether oxygens (including phenoxy) is 1. The maximum atomic E-state index is 9.99. The second kappa shape index (κ2) is 4.20. The number of hydrogen-bond donors (Lipinski definition) is 0. The Balaban J connectivity index is 2.83. The predicted octanol–water partition coefficient (Wildman–Crippen LogP) is 1.34. The molecule has 1 aromatic rings. The molecule has 0 aliphatic heterocycles. The van der Waals surface area contributed by atoms with Crippen molar-refractivity contribution in [3.8, 4) is 5.75 Å². The zero-order chi connectivity index (χ0) is 9.68. The fraction of sp³-hybridized carbons (Fsp3) is 0.125. The zero-order valence-electron chi connectivity index (χ0n) is 7.01. The van der Waals surface area contributed by atoms with Gasteiger partial charge in [-0.15, -0.1) is 0 Å². The normalized spacial score (nSPS) is 10.2. The van der Waals surface area contributed by atoms with E-state index in [2.05, 4.69) is 4.98 Å². The van der Waals surface area contributed by atoms with Crippen LogP contribution in [0.5, 0.6) is 5.75 Å². The molecule has 0 unspecified atom stereocenters. The van der Waals surface area contributed by atoms with Crippen molar-refractivity contribution >= 4 is 6.08 Å². The lowest BCUT2D eigenvalue weighted by atomic mass is 10.3. The summed E-state index contributed by atoms with van der Waals surface area (Å²) in [6.07, 6.45) is 5.26. The second-order valence-corrected chi connectivity index (χ2v) is 2.26. The summed E-state index contributed by atoms with van der Waals surface area (Å²) in [6, 6.07) is 1.66. The third kappa shape index (κ3) is 2.90. The van der Waals surface area contributed by atoms with Gasteiger partial charge in [-0.3, -0.25) is 15.1 Å². The van der Waals surface area contributed by atoms with E-state index in [1.807, 2.05) is 0 Å². The molecule has 68 valence electrons. The summed E-state index contributed by atoms with van der Waals surface area (Å²) in [7, 11) is 1.51. The smallest absolute Gasteiger partial charge is 0.235 e. The number of nitro groups is 1. The first-order valence-electron chi connectivity index (χ1n) is 3.53. The summed E-state index contributed by atoms with van der Waals surface area (Å²) >= 11 is 0. The molecule has 0 bridgehead atoms. The molecule has 0 aliphatic rings. The van der Waals surface area contributed by atoms with Crippen LogP contribution in [-0.2, 0) is 0 Å². The number of aromatic nitrogens is 1. The van der Waals surface area contributed by atoms with Crippen LogP contribution in [0.25, 0.3) is 6.08 Å². The highest BCUT2D eigenvalue weighted by molar-refractivity contribution is 5.48. The summed E-state index contributed by atoms with van der Waals surface area (Å²) in [5.41, 5.74) is 0.635. The molecule has 0 saturated heterocycles. The maximum Gasteiger partial charge on any atom is 0.235 e. The number of methoxy groups -OCH3 is 1. The van der Waals surface area contributed by atoms with E-state index in [-0.39, 0.29) is 0 Å². The van der Waals surface area contributed by atoms with Gasteiger partial charge in [0.15, 0.2) is 0 Å². The molecule has 1 aromatic heterocycles. The Morgan fingerprint density at radius 1 is 1.62 bits per heavy atom. The Hall–Kier alpha value is -1.91. The van der Waals surface area contributed by atoms with Crippen LogP contribution in [0.15, 0.2) is 24.7 Å².